The van der Waals surface area contributed by atoms with Crippen molar-refractivity contribution in [2.75, 3.05) is 0 Å². The summed E-state index contributed by atoms with van der Waals surface area (Å²) in [5.41, 5.74) is 1.58. The highest BCUT2D eigenvalue weighted by molar-refractivity contribution is 5.81. The summed E-state index contributed by atoms with van der Waals surface area (Å²) in [5, 5.41) is 0. The van der Waals surface area contributed by atoms with E-state index in [2.05, 4.69) is 0 Å². The monoisotopic (exact) mass is 351 g/mol. The lowest BCUT2D eigenvalue weighted by Crippen LogP contribution is -2.15. The molecule has 0 radical (unpaired) electrons. The summed E-state index contributed by atoms with van der Waals surface area (Å²) in [6, 6.07) is -1.20. The Kier molecular flexibility index (Phi) is 2.63. The number of benzene rings is 3. The molecule has 0 amide bonds. The van der Waals surface area contributed by atoms with Crippen LogP contribution in [-0.2, 0) is 5.41 Å². The second-order valence-electron chi connectivity index (χ2n) is 7.75. The highest BCUT2D eigenvalue weighted by Crippen LogP contribution is 2.41. The molecule has 3 rings (SSSR count). The van der Waals surface area contributed by atoms with E-state index in [9.17, 15) is 0 Å². The minimum atomic E-state index is -0.759. The molecule has 0 bridgehead atoms. The van der Waals surface area contributed by atoms with Crippen molar-refractivity contribution in [3.63, 3.8) is 0 Å². The molecule has 0 aliphatic carbocycles. The highest BCUT2D eigenvalue weighted by Gasteiger charge is 2.23. The lowest BCUT2D eigenvalue weighted by molar-refractivity contribution is 0.593. The highest BCUT2D eigenvalue weighted by atomic mass is 14.3. The zero-order chi connectivity index (χ0) is 26.9. The van der Waals surface area contributed by atoms with Gasteiger partial charge in [0.15, 0.2) is 0 Å². The Morgan fingerprint density at radius 1 is 0.615 bits per heavy atom. The summed E-state index contributed by atoms with van der Waals surface area (Å²) in [6.07, 6.45) is 0. The SMILES string of the molecule is [2H]c1c([2H])c(-c2c([2H])c(C)c([2H])c(C)c2[2H])c(C(C)(C)C)c(-c2c([2H])c(C)c([2H])c(C)c2[2H])c1[2H]. The fraction of sp³-hybridized carbons (Fsp3) is 0.308. The van der Waals surface area contributed by atoms with E-state index in [-0.39, 0.29) is 70.6 Å². The van der Waals surface area contributed by atoms with E-state index >= 15 is 0 Å². The predicted molar refractivity (Wildman–Crippen MR) is 115 cm³/mol. The van der Waals surface area contributed by atoms with Gasteiger partial charge in [0.05, 0.1) is 12.3 Å². The third-order valence-corrected chi connectivity index (χ3v) is 4.12. The maximum Gasteiger partial charge on any atom is 0.0632 e. The first-order valence-electron chi connectivity index (χ1n) is 13.2. The Morgan fingerprint density at radius 3 is 1.27 bits per heavy atom. The van der Waals surface area contributed by atoms with E-state index in [4.69, 9.17) is 12.3 Å². The van der Waals surface area contributed by atoms with Gasteiger partial charge in [-0.2, -0.15) is 0 Å². The van der Waals surface area contributed by atoms with Gasteiger partial charge in [0.2, 0.25) is 0 Å². The van der Waals surface area contributed by atoms with Gasteiger partial charge in [-0.25, -0.2) is 0 Å². The lowest BCUT2D eigenvalue weighted by atomic mass is 9.77. The van der Waals surface area contributed by atoms with Gasteiger partial charge < -0.3 is 0 Å². The Labute approximate surface area is 171 Å². The molecule has 0 aromatic heterocycles. The summed E-state index contributed by atoms with van der Waals surface area (Å²) in [4.78, 5) is 0. The van der Waals surface area contributed by atoms with Crippen molar-refractivity contribution in [3.8, 4) is 22.3 Å². The Balaban J connectivity index is 2.75. The van der Waals surface area contributed by atoms with Crippen LogP contribution < -0.4 is 0 Å². The van der Waals surface area contributed by atoms with E-state index in [0.717, 1.165) is 0 Å². The minimum absolute atomic E-state index is 0.0789. The first kappa shape index (κ1) is 10.1. The second kappa shape index (κ2) is 6.76. The Hall–Kier alpha value is -2.34. The fourth-order valence-corrected chi connectivity index (χ4v) is 3.28. The average Bonchev–Trinajstić information content (AvgIpc) is 2.79. The van der Waals surface area contributed by atoms with Crippen molar-refractivity contribution in [2.24, 2.45) is 0 Å². The molecule has 0 nitrogen and oxygen atoms in total. The van der Waals surface area contributed by atoms with Gasteiger partial charge in [-0.05, 0) is 60.9 Å². The zero-order valence-electron chi connectivity index (χ0n) is 25.5. The smallest absolute Gasteiger partial charge is 0.0610 e. The molecule has 3 aromatic rings. The number of hydrogen-bond donors (Lipinski definition) is 0. The summed E-state index contributed by atoms with van der Waals surface area (Å²) < 4.78 is 77.8. The standard InChI is InChI=1S/C26H30/c1-17-11-18(2)14-21(13-17)23-9-8-10-24(25(23)26(5,6)7)22-15-19(3)12-20(4)16-22/h8-16H,1-7H3/i8D,9D,10D,11D,12D,13D,14D,15D,16D. The molecular formula is C26H30. The van der Waals surface area contributed by atoms with E-state index in [1.54, 1.807) is 27.7 Å². The van der Waals surface area contributed by atoms with E-state index in [0.29, 0.717) is 27.8 Å². The van der Waals surface area contributed by atoms with Gasteiger partial charge in [0.25, 0.3) is 0 Å². The molecule has 0 N–H and O–H groups in total. The van der Waals surface area contributed by atoms with Crippen molar-refractivity contribution in [2.45, 2.75) is 53.9 Å². The number of rotatable bonds is 2. The lowest BCUT2D eigenvalue weighted by Gasteiger charge is -2.27. The van der Waals surface area contributed by atoms with Crippen molar-refractivity contribution < 1.29 is 12.3 Å². The van der Waals surface area contributed by atoms with E-state index < -0.39 is 11.5 Å². The van der Waals surface area contributed by atoms with Crippen LogP contribution in [0.2, 0.25) is 0 Å². The molecule has 0 heteroatoms. The normalized spacial score (nSPS) is 16.5. The van der Waals surface area contributed by atoms with Gasteiger partial charge >= 0.3 is 0 Å². The Morgan fingerprint density at radius 2 is 0.962 bits per heavy atom. The number of hydrogen-bond acceptors (Lipinski definition) is 0. The van der Waals surface area contributed by atoms with Crippen LogP contribution in [0.3, 0.4) is 0 Å². The van der Waals surface area contributed by atoms with E-state index in [1.165, 1.54) is 0 Å². The maximum absolute atomic E-state index is 8.82. The van der Waals surface area contributed by atoms with Crippen molar-refractivity contribution in [1.29, 1.82) is 0 Å². The minimum Gasteiger partial charge on any atom is -0.0610 e. The van der Waals surface area contributed by atoms with Gasteiger partial charge in [-0.3, -0.25) is 0 Å². The van der Waals surface area contributed by atoms with Crippen molar-refractivity contribution >= 4 is 0 Å². The zero-order valence-corrected chi connectivity index (χ0v) is 16.5. The molecule has 0 unspecified atom stereocenters. The molecule has 0 aliphatic heterocycles. The molecule has 0 fully saturated rings. The van der Waals surface area contributed by atoms with Gasteiger partial charge in [0.1, 0.15) is 0 Å². The molecule has 26 heavy (non-hydrogen) atoms. The molecule has 3 aromatic carbocycles. The van der Waals surface area contributed by atoms with Gasteiger partial charge in [-0.1, -0.05) is 97.4 Å². The molecule has 0 atom stereocenters. The van der Waals surface area contributed by atoms with Crippen LogP contribution >= 0.6 is 0 Å². The van der Waals surface area contributed by atoms with Crippen LogP contribution in [0.4, 0.5) is 0 Å². The molecule has 0 spiro atoms. The quantitative estimate of drug-likeness (QED) is 0.447. The molecule has 134 valence electrons. The van der Waals surface area contributed by atoms with Crippen LogP contribution in [0.15, 0.2) is 54.4 Å². The van der Waals surface area contributed by atoms with Crippen LogP contribution in [0.5, 0.6) is 0 Å². The molecule has 0 aliphatic rings. The van der Waals surface area contributed by atoms with Crippen LogP contribution in [0.1, 0.15) is 60.9 Å². The predicted octanol–water partition coefficient (Wildman–Crippen LogP) is 7.55. The fourth-order valence-electron chi connectivity index (χ4n) is 3.28. The van der Waals surface area contributed by atoms with Gasteiger partial charge in [-0.15, -0.1) is 0 Å². The first-order chi connectivity index (χ1) is 16.0. The van der Waals surface area contributed by atoms with Crippen LogP contribution in [-0.4, -0.2) is 0 Å². The topological polar surface area (TPSA) is 0 Å². The van der Waals surface area contributed by atoms with Crippen LogP contribution in [0.25, 0.3) is 22.3 Å². The molecule has 0 saturated heterocycles. The summed E-state index contributed by atoms with van der Waals surface area (Å²) in [5.74, 6) is 0. The second-order valence-corrected chi connectivity index (χ2v) is 7.75. The largest absolute Gasteiger partial charge is 0.0632 e. The van der Waals surface area contributed by atoms with Crippen molar-refractivity contribution in [3.05, 3.63) is 82.2 Å². The summed E-state index contributed by atoms with van der Waals surface area (Å²) >= 11 is 0. The first-order valence-corrected chi connectivity index (χ1v) is 8.75. The average molecular weight is 352 g/mol. The summed E-state index contributed by atoms with van der Waals surface area (Å²) in [7, 11) is 0. The molecule has 0 saturated carbocycles. The summed E-state index contributed by atoms with van der Waals surface area (Å²) in [6.45, 7) is 12.0. The molecule has 0 heterocycles. The third kappa shape index (κ3) is 3.75. The van der Waals surface area contributed by atoms with Gasteiger partial charge in [0, 0.05) is 0 Å². The molecular weight excluding hydrogens is 312 g/mol. The van der Waals surface area contributed by atoms with E-state index in [1.807, 2.05) is 20.8 Å². The van der Waals surface area contributed by atoms with Crippen molar-refractivity contribution in [1.82, 2.24) is 0 Å². The third-order valence-electron chi connectivity index (χ3n) is 4.12. The van der Waals surface area contributed by atoms with Crippen LogP contribution in [0, 0.1) is 27.7 Å². The maximum atomic E-state index is 8.82. The Bertz CT molecular complexity index is 1240.